The van der Waals surface area contributed by atoms with E-state index >= 15 is 0 Å². The lowest BCUT2D eigenvalue weighted by Gasteiger charge is -2.36. The lowest BCUT2D eigenvalue weighted by Crippen LogP contribution is -2.48. The number of ether oxygens (including phenoxy) is 1. The van der Waals surface area contributed by atoms with E-state index in [2.05, 4.69) is 15.0 Å². The van der Waals surface area contributed by atoms with Crippen molar-refractivity contribution in [1.29, 1.82) is 0 Å². The van der Waals surface area contributed by atoms with Crippen LogP contribution in [0.5, 0.6) is 5.75 Å². The molecule has 1 aliphatic heterocycles. The number of hydrogen-bond acceptors (Lipinski definition) is 6. The summed E-state index contributed by atoms with van der Waals surface area (Å²) in [5.74, 6) is 1.82. The average Bonchev–Trinajstić information content (AvgIpc) is 3.27. The quantitative estimate of drug-likeness (QED) is 0.598. The summed E-state index contributed by atoms with van der Waals surface area (Å²) in [4.78, 5) is 21.2. The average molecular weight is 427 g/mol. The van der Waals surface area contributed by atoms with Crippen LogP contribution in [-0.2, 0) is 11.2 Å². The van der Waals surface area contributed by atoms with E-state index in [1.165, 1.54) is 0 Å². The Morgan fingerprint density at radius 2 is 1.83 bits per heavy atom. The predicted octanol–water partition coefficient (Wildman–Crippen LogP) is 3.68. The van der Waals surface area contributed by atoms with E-state index in [1.54, 1.807) is 13.2 Å². The second-order valence-electron chi connectivity index (χ2n) is 7.06. The van der Waals surface area contributed by atoms with E-state index < -0.39 is 0 Å². The summed E-state index contributed by atoms with van der Waals surface area (Å²) < 4.78 is 10.5. The van der Waals surface area contributed by atoms with Gasteiger partial charge < -0.3 is 19.1 Å². The van der Waals surface area contributed by atoms with Gasteiger partial charge in [0.1, 0.15) is 5.75 Å². The van der Waals surface area contributed by atoms with Crippen LogP contribution in [0.15, 0.2) is 53.1 Å². The van der Waals surface area contributed by atoms with E-state index in [-0.39, 0.29) is 5.91 Å². The molecule has 2 heterocycles. The molecule has 0 saturated carbocycles. The molecule has 3 aromatic rings. The van der Waals surface area contributed by atoms with E-state index in [1.807, 2.05) is 47.4 Å². The highest BCUT2D eigenvalue weighted by molar-refractivity contribution is 6.33. The van der Waals surface area contributed by atoms with Crippen molar-refractivity contribution in [3.63, 3.8) is 0 Å². The number of benzene rings is 2. The summed E-state index contributed by atoms with van der Waals surface area (Å²) in [6.45, 7) is 2.99. The molecule has 1 saturated heterocycles. The number of carbonyl (C=O) groups excluding carboxylic acids is 1. The summed E-state index contributed by atoms with van der Waals surface area (Å²) in [7, 11) is 1.66. The number of amides is 1. The molecule has 0 unspecified atom stereocenters. The topological polar surface area (TPSA) is 71.7 Å². The number of halogens is 1. The van der Waals surface area contributed by atoms with Crippen molar-refractivity contribution in [2.45, 2.75) is 12.8 Å². The van der Waals surface area contributed by atoms with Crippen molar-refractivity contribution in [2.75, 3.05) is 38.2 Å². The lowest BCUT2D eigenvalue weighted by molar-refractivity contribution is -0.131. The van der Waals surface area contributed by atoms with E-state index in [4.69, 9.17) is 20.9 Å². The van der Waals surface area contributed by atoms with Crippen molar-refractivity contribution in [2.24, 2.45) is 0 Å². The third kappa shape index (κ3) is 4.57. The molecule has 0 radical (unpaired) electrons. The van der Waals surface area contributed by atoms with Crippen molar-refractivity contribution in [3.05, 3.63) is 59.4 Å². The molecule has 2 aromatic carbocycles. The molecule has 0 N–H and O–H groups in total. The Balaban J connectivity index is 1.28. The minimum Gasteiger partial charge on any atom is -0.497 e. The van der Waals surface area contributed by atoms with Gasteiger partial charge >= 0.3 is 0 Å². The van der Waals surface area contributed by atoms with Crippen molar-refractivity contribution in [3.8, 4) is 17.1 Å². The minimum atomic E-state index is 0.0990. The Bertz CT molecular complexity index is 998. The van der Waals surface area contributed by atoms with Crippen LogP contribution in [0.3, 0.4) is 0 Å². The zero-order valence-electron chi connectivity index (χ0n) is 16.8. The fraction of sp³-hybridized carbons (Fsp3) is 0.318. The number of aryl methyl sites for hydroxylation is 1. The summed E-state index contributed by atoms with van der Waals surface area (Å²) in [5, 5.41) is 4.55. The van der Waals surface area contributed by atoms with Crippen molar-refractivity contribution >= 4 is 23.2 Å². The van der Waals surface area contributed by atoms with Crippen molar-refractivity contribution < 1.29 is 14.1 Å². The number of rotatable bonds is 6. The zero-order valence-corrected chi connectivity index (χ0v) is 17.5. The molecule has 1 aromatic heterocycles. The van der Waals surface area contributed by atoms with Crippen LogP contribution >= 0.6 is 11.6 Å². The number of anilines is 1. The van der Waals surface area contributed by atoms with E-state index in [0.29, 0.717) is 42.7 Å². The standard InChI is InChI=1S/C22H23ClN4O3/c1-29-17-8-6-16(7-9-17)26-12-14-27(15-13-26)21(28)11-10-20-24-22(25-30-20)18-4-2-3-5-19(18)23/h2-9H,10-15H2,1H3. The maximum atomic E-state index is 12.6. The molecule has 8 heteroatoms. The molecule has 7 nitrogen and oxygen atoms in total. The fourth-order valence-electron chi connectivity index (χ4n) is 3.49. The smallest absolute Gasteiger partial charge is 0.227 e. The molecule has 1 fully saturated rings. The highest BCUT2D eigenvalue weighted by atomic mass is 35.5. The molecule has 1 aliphatic rings. The molecule has 4 rings (SSSR count). The lowest BCUT2D eigenvalue weighted by atomic mass is 10.2. The molecule has 0 aliphatic carbocycles. The molecule has 30 heavy (non-hydrogen) atoms. The normalized spacial score (nSPS) is 14.1. The third-order valence-electron chi connectivity index (χ3n) is 5.21. The van der Waals surface area contributed by atoms with Crippen LogP contribution in [0.2, 0.25) is 5.02 Å². The first-order valence-corrected chi connectivity index (χ1v) is 10.3. The van der Waals surface area contributed by atoms with E-state index in [9.17, 15) is 4.79 Å². The third-order valence-corrected chi connectivity index (χ3v) is 5.54. The van der Waals surface area contributed by atoms with Gasteiger partial charge in [0.15, 0.2) is 0 Å². The first kappa shape index (κ1) is 20.2. The van der Waals surface area contributed by atoms with Gasteiger partial charge in [0.05, 0.1) is 12.1 Å². The molecule has 1 amide bonds. The van der Waals surface area contributed by atoms with Gasteiger partial charge in [-0.2, -0.15) is 4.98 Å². The maximum Gasteiger partial charge on any atom is 0.227 e. The van der Waals surface area contributed by atoms with Gasteiger partial charge in [0, 0.05) is 50.3 Å². The Morgan fingerprint density at radius 1 is 1.10 bits per heavy atom. The number of nitrogens with zero attached hydrogens (tertiary/aromatic N) is 4. The van der Waals surface area contributed by atoms with Gasteiger partial charge in [-0.15, -0.1) is 0 Å². The van der Waals surface area contributed by atoms with Gasteiger partial charge in [-0.1, -0.05) is 28.9 Å². The summed E-state index contributed by atoms with van der Waals surface area (Å²) in [6.07, 6.45) is 0.752. The maximum absolute atomic E-state index is 12.6. The molecular weight excluding hydrogens is 404 g/mol. The van der Waals surface area contributed by atoms with Crippen LogP contribution in [0.1, 0.15) is 12.3 Å². The summed E-state index contributed by atoms with van der Waals surface area (Å²) in [5.41, 5.74) is 1.86. The van der Waals surface area contributed by atoms with Gasteiger partial charge in [0.2, 0.25) is 17.6 Å². The van der Waals surface area contributed by atoms with Gasteiger partial charge in [-0.05, 0) is 36.4 Å². The largest absolute Gasteiger partial charge is 0.497 e. The fourth-order valence-corrected chi connectivity index (χ4v) is 3.71. The van der Waals surface area contributed by atoms with Crippen molar-refractivity contribution in [1.82, 2.24) is 15.0 Å². The van der Waals surface area contributed by atoms with Crippen LogP contribution in [0, 0.1) is 0 Å². The second-order valence-corrected chi connectivity index (χ2v) is 7.46. The van der Waals surface area contributed by atoms with Crippen LogP contribution < -0.4 is 9.64 Å². The number of aromatic nitrogens is 2. The Kier molecular flexibility index (Phi) is 6.18. The van der Waals surface area contributed by atoms with E-state index in [0.717, 1.165) is 30.1 Å². The minimum absolute atomic E-state index is 0.0990. The van der Waals surface area contributed by atoms with Gasteiger partial charge in [-0.3, -0.25) is 4.79 Å². The number of carbonyl (C=O) groups is 1. The summed E-state index contributed by atoms with van der Waals surface area (Å²) in [6, 6.07) is 15.3. The molecule has 0 spiro atoms. The molecule has 0 atom stereocenters. The molecular formula is C22H23ClN4O3. The van der Waals surface area contributed by atoms with Crippen LogP contribution in [-0.4, -0.2) is 54.2 Å². The Hall–Kier alpha value is -3.06. The van der Waals surface area contributed by atoms with Crippen LogP contribution in [0.25, 0.3) is 11.4 Å². The zero-order chi connectivity index (χ0) is 20.9. The molecule has 0 bridgehead atoms. The number of piperazine rings is 1. The SMILES string of the molecule is COc1ccc(N2CCN(C(=O)CCc3nc(-c4ccccc4Cl)no3)CC2)cc1. The Morgan fingerprint density at radius 3 is 2.53 bits per heavy atom. The number of methoxy groups -OCH3 is 1. The monoisotopic (exact) mass is 426 g/mol. The molecule has 156 valence electrons. The highest BCUT2D eigenvalue weighted by Gasteiger charge is 2.22. The Labute approximate surface area is 180 Å². The predicted molar refractivity (Wildman–Crippen MR) is 115 cm³/mol. The van der Waals surface area contributed by atoms with Crippen LogP contribution in [0.4, 0.5) is 5.69 Å². The second kappa shape index (κ2) is 9.17. The number of hydrogen-bond donors (Lipinski definition) is 0. The van der Waals surface area contributed by atoms with Gasteiger partial charge in [-0.25, -0.2) is 0 Å². The first-order valence-electron chi connectivity index (χ1n) is 9.88. The summed E-state index contributed by atoms with van der Waals surface area (Å²) >= 11 is 6.18. The highest BCUT2D eigenvalue weighted by Crippen LogP contribution is 2.25. The van der Waals surface area contributed by atoms with Gasteiger partial charge in [0.25, 0.3) is 0 Å². The first-order chi connectivity index (χ1) is 14.6.